The number of allylic oxidation sites excluding steroid dienone is 2. The summed E-state index contributed by atoms with van der Waals surface area (Å²) in [5, 5.41) is 37.6. The molecular formula is C51H99N5O7. The number of ether oxygens (including phenoxy) is 1. The zero-order valence-corrected chi connectivity index (χ0v) is 40.8. The third kappa shape index (κ3) is 27.9. The van der Waals surface area contributed by atoms with E-state index in [0.717, 1.165) is 64.2 Å². The summed E-state index contributed by atoms with van der Waals surface area (Å²) in [6.45, 7) is 6.16. The first-order valence-corrected chi connectivity index (χ1v) is 26.2. The van der Waals surface area contributed by atoms with Crippen LogP contribution in [-0.2, 0) is 19.1 Å². The minimum Gasteiger partial charge on any atom is -0.394 e. The van der Waals surface area contributed by atoms with Crippen molar-refractivity contribution in [1.29, 1.82) is 0 Å². The van der Waals surface area contributed by atoms with E-state index < -0.39 is 54.7 Å². The van der Waals surface area contributed by atoms with Gasteiger partial charge >= 0.3 is 0 Å². The Balaban J connectivity index is 2.88. The number of nitrogens with one attached hydrogen (secondary N) is 2. The van der Waals surface area contributed by atoms with Crippen LogP contribution in [0.4, 0.5) is 0 Å². The lowest BCUT2D eigenvalue weighted by atomic mass is 9.96. The highest BCUT2D eigenvalue weighted by Gasteiger charge is 2.52. The molecule has 12 heteroatoms. The van der Waals surface area contributed by atoms with Gasteiger partial charge in [0.05, 0.1) is 18.8 Å². The highest BCUT2D eigenvalue weighted by Crippen LogP contribution is 2.33. The van der Waals surface area contributed by atoms with E-state index in [2.05, 4.69) is 36.6 Å². The number of rotatable bonds is 42. The van der Waals surface area contributed by atoms with Gasteiger partial charge in [-0.25, -0.2) is 0 Å². The van der Waals surface area contributed by atoms with Crippen LogP contribution in [-0.4, -0.2) is 93.9 Å². The van der Waals surface area contributed by atoms with E-state index in [9.17, 15) is 29.7 Å². The van der Waals surface area contributed by atoms with Crippen LogP contribution in [0, 0.1) is 0 Å². The maximum atomic E-state index is 14.3. The lowest BCUT2D eigenvalue weighted by molar-refractivity contribution is -0.280. The molecule has 6 atom stereocenters. The van der Waals surface area contributed by atoms with Crippen molar-refractivity contribution in [3.63, 3.8) is 0 Å². The molecule has 0 bridgehead atoms. The standard InChI is InChI=1S/C51H99N5O7/c1-4-6-8-10-12-14-16-18-20-22-24-26-28-30-32-36-40-56(47(59)38-33-31-29-27-25-23-21-19-17-15-13-11-9-7-5-2)51(41-45(58)48(60)46(42-57)63-51)55-49(61)43(3)54-50(62)44(53)37-34-35-39-52/h19,21,43-46,48,57-58,60H,4-18,20,22-42,52-53H2,1-3H3,(H,54,62)(H,55,61)/b21-19-/t43-,44-,45+,46+,48-,51-/m0/s1. The van der Waals surface area contributed by atoms with Crippen molar-refractivity contribution in [3.05, 3.63) is 12.2 Å². The fourth-order valence-corrected chi connectivity index (χ4v) is 8.62. The second-order valence-corrected chi connectivity index (χ2v) is 18.7. The van der Waals surface area contributed by atoms with Crippen molar-refractivity contribution >= 4 is 17.7 Å². The topological polar surface area (TPSA) is 200 Å². The van der Waals surface area contributed by atoms with Crippen LogP contribution in [0.25, 0.3) is 0 Å². The molecule has 1 saturated heterocycles. The summed E-state index contributed by atoms with van der Waals surface area (Å²) in [6.07, 6.45) is 36.6. The van der Waals surface area contributed by atoms with E-state index in [1.807, 2.05) is 0 Å². The van der Waals surface area contributed by atoms with Crippen molar-refractivity contribution in [3.8, 4) is 0 Å². The van der Waals surface area contributed by atoms with Gasteiger partial charge in [-0.3, -0.25) is 19.3 Å². The maximum absolute atomic E-state index is 14.3. The molecule has 9 N–H and O–H groups in total. The smallest absolute Gasteiger partial charge is 0.245 e. The van der Waals surface area contributed by atoms with Crippen LogP contribution in [0.3, 0.4) is 0 Å². The zero-order chi connectivity index (χ0) is 46.4. The number of unbranched alkanes of at least 4 members (excludes halogenated alkanes) is 27. The van der Waals surface area contributed by atoms with Crippen molar-refractivity contribution < 1.29 is 34.4 Å². The average Bonchev–Trinajstić information content (AvgIpc) is 3.27. The van der Waals surface area contributed by atoms with E-state index in [4.69, 9.17) is 16.2 Å². The summed E-state index contributed by atoms with van der Waals surface area (Å²) in [5.41, 5.74) is 11.7. The molecule has 0 aromatic carbocycles. The quantitative estimate of drug-likeness (QED) is 0.0177. The molecule has 0 unspecified atom stereocenters. The molecule has 1 aliphatic heterocycles. The average molecular weight is 894 g/mol. The number of hydrogen-bond donors (Lipinski definition) is 7. The third-order valence-electron chi connectivity index (χ3n) is 12.8. The van der Waals surface area contributed by atoms with E-state index in [0.29, 0.717) is 32.2 Å². The molecule has 1 fully saturated rings. The highest BCUT2D eigenvalue weighted by atomic mass is 16.6. The number of nitrogens with two attached hydrogens (primary N) is 2. The Bertz CT molecular complexity index is 1160. The van der Waals surface area contributed by atoms with Gasteiger partial charge in [-0.05, 0) is 64.8 Å². The van der Waals surface area contributed by atoms with Crippen LogP contribution >= 0.6 is 0 Å². The molecule has 0 aromatic heterocycles. The Morgan fingerprint density at radius 1 is 0.683 bits per heavy atom. The molecule has 1 rings (SSSR count). The van der Waals surface area contributed by atoms with Crippen LogP contribution in [0.15, 0.2) is 12.2 Å². The largest absolute Gasteiger partial charge is 0.394 e. The second kappa shape index (κ2) is 39.1. The molecular weight excluding hydrogens is 795 g/mol. The van der Waals surface area contributed by atoms with E-state index in [1.54, 1.807) is 0 Å². The van der Waals surface area contributed by atoms with Crippen molar-refractivity contribution in [2.45, 2.75) is 275 Å². The van der Waals surface area contributed by atoms with Crippen LogP contribution in [0.2, 0.25) is 0 Å². The number of hydrogen-bond acceptors (Lipinski definition) is 9. The van der Waals surface area contributed by atoms with Crippen molar-refractivity contribution in [2.75, 3.05) is 19.7 Å². The minimum atomic E-state index is -1.85. The number of aliphatic hydroxyl groups excluding tert-OH is 3. The number of nitrogens with zero attached hydrogens (tertiary/aromatic N) is 1. The molecule has 1 aliphatic rings. The summed E-state index contributed by atoms with van der Waals surface area (Å²) in [7, 11) is 0. The first-order chi connectivity index (χ1) is 30.6. The molecule has 0 aromatic rings. The SMILES string of the molecule is CCCCCCCC/C=C\CCCCCCCC(=O)N(CCCCCCCCCCCCCCCCCC)[C@@]1(NC(=O)[C@H](C)NC(=O)[C@@H](N)CCCCN)C[C@@H](O)[C@H](O)[C@@H](CO)O1. The normalized spacial score (nSPS) is 19.9. The van der Waals surface area contributed by atoms with Gasteiger partial charge in [-0.15, -0.1) is 0 Å². The van der Waals surface area contributed by atoms with Gasteiger partial charge in [0.15, 0.2) is 0 Å². The molecule has 0 spiro atoms. The monoisotopic (exact) mass is 894 g/mol. The van der Waals surface area contributed by atoms with Crippen LogP contribution in [0.1, 0.15) is 239 Å². The predicted molar refractivity (Wildman–Crippen MR) is 259 cm³/mol. The van der Waals surface area contributed by atoms with Gasteiger partial charge in [0, 0.05) is 19.4 Å². The fraction of sp³-hybridized carbons (Fsp3) is 0.902. The van der Waals surface area contributed by atoms with Crippen LogP contribution in [0.5, 0.6) is 0 Å². The number of carbonyl (C=O) groups excluding carboxylic acids is 3. The van der Waals surface area contributed by atoms with Gasteiger partial charge in [-0.2, -0.15) is 0 Å². The molecule has 0 radical (unpaired) electrons. The Labute approximate surface area is 385 Å². The van der Waals surface area contributed by atoms with Crippen molar-refractivity contribution in [2.24, 2.45) is 11.5 Å². The highest BCUT2D eigenvalue weighted by molar-refractivity contribution is 5.90. The van der Waals surface area contributed by atoms with E-state index in [1.165, 1.54) is 127 Å². The second-order valence-electron chi connectivity index (χ2n) is 18.7. The lowest BCUT2D eigenvalue weighted by Crippen LogP contribution is -2.72. The van der Waals surface area contributed by atoms with Crippen molar-refractivity contribution in [1.82, 2.24) is 15.5 Å². The Morgan fingerprint density at radius 2 is 1.14 bits per heavy atom. The van der Waals surface area contributed by atoms with Gasteiger partial charge in [0.2, 0.25) is 23.6 Å². The Morgan fingerprint density at radius 3 is 1.62 bits per heavy atom. The fourth-order valence-electron chi connectivity index (χ4n) is 8.62. The third-order valence-corrected chi connectivity index (χ3v) is 12.8. The predicted octanol–water partition coefficient (Wildman–Crippen LogP) is 9.35. The van der Waals surface area contributed by atoms with Crippen LogP contribution < -0.4 is 22.1 Å². The van der Waals surface area contributed by atoms with E-state index in [-0.39, 0.29) is 25.3 Å². The number of carbonyl (C=O) groups is 3. The van der Waals surface area contributed by atoms with E-state index >= 15 is 0 Å². The maximum Gasteiger partial charge on any atom is 0.245 e. The summed E-state index contributed by atoms with van der Waals surface area (Å²) < 4.78 is 6.29. The molecule has 0 aliphatic carbocycles. The molecule has 1 heterocycles. The molecule has 370 valence electrons. The molecule has 12 nitrogen and oxygen atoms in total. The number of amides is 3. The van der Waals surface area contributed by atoms with Gasteiger partial charge in [-0.1, -0.05) is 180 Å². The first-order valence-electron chi connectivity index (χ1n) is 26.2. The summed E-state index contributed by atoms with van der Waals surface area (Å²) >= 11 is 0. The molecule has 3 amide bonds. The summed E-state index contributed by atoms with van der Waals surface area (Å²) in [5.74, 6) is -3.20. The zero-order valence-electron chi connectivity index (χ0n) is 40.8. The Hall–Kier alpha value is -2.09. The molecule has 0 saturated carbocycles. The summed E-state index contributed by atoms with van der Waals surface area (Å²) in [6, 6.07) is -1.87. The molecule has 63 heavy (non-hydrogen) atoms. The first kappa shape index (κ1) is 58.9. The Kier molecular flexibility index (Phi) is 36.6. The van der Waals surface area contributed by atoms with Gasteiger partial charge in [0.1, 0.15) is 18.2 Å². The van der Waals surface area contributed by atoms with Gasteiger partial charge in [0.25, 0.3) is 0 Å². The van der Waals surface area contributed by atoms with Gasteiger partial charge < -0.3 is 42.2 Å². The summed E-state index contributed by atoms with van der Waals surface area (Å²) in [4.78, 5) is 42.6. The minimum absolute atomic E-state index is 0.227. The number of aliphatic hydroxyl groups is 3. The lowest BCUT2D eigenvalue weighted by Gasteiger charge is -2.51.